The number of carbonyl (C=O) groups excluding carboxylic acids is 2. The number of pyridine rings is 2. The van der Waals surface area contributed by atoms with Gasteiger partial charge in [0.1, 0.15) is 23.7 Å². The largest absolute Gasteiger partial charge is 0.495 e. The maximum atomic E-state index is 13.6. The van der Waals surface area contributed by atoms with Gasteiger partial charge in [-0.15, -0.1) is 0 Å². The van der Waals surface area contributed by atoms with Crippen LogP contribution in [0.4, 0.5) is 8.78 Å². The van der Waals surface area contributed by atoms with Crippen LogP contribution in [0.25, 0.3) is 23.5 Å². The van der Waals surface area contributed by atoms with Crippen LogP contribution in [0.5, 0.6) is 11.5 Å². The van der Waals surface area contributed by atoms with E-state index >= 15 is 0 Å². The number of halogens is 2. The van der Waals surface area contributed by atoms with Gasteiger partial charge in [0.25, 0.3) is 11.8 Å². The van der Waals surface area contributed by atoms with Crippen molar-refractivity contribution in [3.8, 4) is 22.9 Å². The number of hydrogen-bond donors (Lipinski definition) is 0. The molecule has 0 unspecified atom stereocenters. The number of rotatable bonds is 10. The second-order valence-corrected chi connectivity index (χ2v) is 15.7. The van der Waals surface area contributed by atoms with Crippen LogP contribution in [-0.2, 0) is 19.1 Å². The van der Waals surface area contributed by atoms with Crippen molar-refractivity contribution >= 4 is 24.0 Å². The van der Waals surface area contributed by atoms with E-state index in [1.54, 1.807) is 61.0 Å². The van der Waals surface area contributed by atoms with Crippen LogP contribution in [0, 0.1) is 25.7 Å². The van der Waals surface area contributed by atoms with Crippen molar-refractivity contribution in [3.63, 3.8) is 0 Å². The summed E-state index contributed by atoms with van der Waals surface area (Å²) in [6.07, 6.45) is 13.1. The molecule has 2 aliphatic rings. The monoisotopic (exact) mass is 872 g/mol. The molecule has 332 valence electrons. The quantitative estimate of drug-likeness (QED) is 0.0980. The summed E-state index contributed by atoms with van der Waals surface area (Å²) >= 11 is 0. The Labute approximate surface area is 370 Å². The standard InChI is InChI=1S/2C24H25FN4O3/c2*1-15-12-28(14-27-15)20-6-5-18(9-21(20)31-4)10-22-24(30)29(13-16(2)32-22)17(3)19-7-8-26-23(25)11-19/h2*5-12,14,16-17H,13H2,1-4H3/b2*22-10-/t16-,17+;16-,17-/m00/s1. The molecule has 2 fully saturated rings. The van der Waals surface area contributed by atoms with Crippen molar-refractivity contribution < 1.29 is 37.3 Å². The first-order valence-corrected chi connectivity index (χ1v) is 20.7. The number of aromatic nitrogens is 6. The van der Waals surface area contributed by atoms with Crippen molar-refractivity contribution in [2.75, 3.05) is 27.3 Å². The molecule has 6 heterocycles. The summed E-state index contributed by atoms with van der Waals surface area (Å²) in [7, 11) is 3.20. The van der Waals surface area contributed by atoms with Gasteiger partial charge in [0, 0.05) is 24.8 Å². The van der Waals surface area contributed by atoms with Gasteiger partial charge in [-0.25, -0.2) is 19.9 Å². The average Bonchev–Trinajstić information content (AvgIpc) is 3.93. The number of ether oxygens (including phenoxy) is 4. The number of benzene rings is 2. The molecule has 2 amide bonds. The van der Waals surface area contributed by atoms with Crippen LogP contribution in [0.2, 0.25) is 0 Å². The highest BCUT2D eigenvalue weighted by atomic mass is 19.1. The van der Waals surface area contributed by atoms with Crippen molar-refractivity contribution in [2.45, 2.75) is 65.8 Å². The van der Waals surface area contributed by atoms with Crippen LogP contribution in [0.1, 0.15) is 73.4 Å². The lowest BCUT2D eigenvalue weighted by Gasteiger charge is -2.37. The van der Waals surface area contributed by atoms with Crippen molar-refractivity contribution in [1.82, 2.24) is 38.9 Å². The van der Waals surface area contributed by atoms with E-state index in [0.29, 0.717) is 35.7 Å². The SMILES string of the molecule is COc1cc(/C=C2\O[C@@H](C)CN([C@@H](C)c3ccnc(F)c3)C2=O)ccc1-n1cnc(C)c1.COc1cc(/C=C2\O[C@@H](C)CN([C@H](C)c3ccnc(F)c3)C2=O)ccc1-n1cnc(C)c1. The zero-order valence-electron chi connectivity index (χ0n) is 36.9. The summed E-state index contributed by atoms with van der Waals surface area (Å²) in [5.41, 5.74) is 6.38. The number of carbonyl (C=O) groups is 2. The number of methoxy groups -OCH3 is 2. The number of aryl methyl sites for hydroxylation is 2. The Morgan fingerprint density at radius 1 is 0.641 bits per heavy atom. The minimum Gasteiger partial charge on any atom is -0.495 e. The summed E-state index contributed by atoms with van der Waals surface area (Å²) in [5, 5.41) is 0. The first-order valence-electron chi connectivity index (χ1n) is 20.7. The predicted molar refractivity (Wildman–Crippen MR) is 235 cm³/mol. The van der Waals surface area contributed by atoms with E-state index in [0.717, 1.165) is 33.9 Å². The Morgan fingerprint density at radius 3 is 1.39 bits per heavy atom. The lowest BCUT2D eigenvalue weighted by molar-refractivity contribution is -0.142. The van der Waals surface area contributed by atoms with Crippen molar-refractivity contribution in [3.05, 3.63) is 155 Å². The Bertz CT molecular complexity index is 2530. The molecule has 6 aromatic rings. The Balaban J connectivity index is 0.000000191. The molecule has 0 bridgehead atoms. The lowest BCUT2D eigenvalue weighted by atomic mass is 10.1. The maximum absolute atomic E-state index is 13.6. The molecule has 64 heavy (non-hydrogen) atoms. The molecular weight excluding hydrogens is 823 g/mol. The van der Waals surface area contributed by atoms with E-state index < -0.39 is 11.9 Å². The van der Waals surface area contributed by atoms with Crippen LogP contribution in [0.3, 0.4) is 0 Å². The molecule has 2 aromatic carbocycles. The summed E-state index contributed by atoms with van der Waals surface area (Å²) in [6, 6.07) is 16.8. The Hall–Kier alpha value is -7.36. The van der Waals surface area contributed by atoms with Gasteiger partial charge in [-0.3, -0.25) is 9.59 Å². The highest BCUT2D eigenvalue weighted by molar-refractivity contribution is 5.97. The summed E-state index contributed by atoms with van der Waals surface area (Å²) < 4.78 is 53.8. The molecule has 0 radical (unpaired) electrons. The van der Waals surface area contributed by atoms with Crippen LogP contribution >= 0.6 is 0 Å². The highest BCUT2D eigenvalue weighted by Crippen LogP contribution is 2.32. The van der Waals surface area contributed by atoms with Gasteiger partial charge in [-0.2, -0.15) is 8.78 Å². The minimum absolute atomic E-state index is 0.205. The maximum Gasteiger partial charge on any atom is 0.289 e. The number of amides is 2. The second kappa shape index (κ2) is 19.4. The molecule has 2 saturated heterocycles. The average molecular weight is 873 g/mol. The summed E-state index contributed by atoms with van der Waals surface area (Å²) in [6.45, 7) is 12.2. The smallest absolute Gasteiger partial charge is 0.289 e. The van der Waals surface area contributed by atoms with E-state index in [1.165, 1.54) is 24.5 Å². The van der Waals surface area contributed by atoms with E-state index in [-0.39, 0.29) is 47.6 Å². The van der Waals surface area contributed by atoms with Gasteiger partial charge in [-0.05, 0) is 124 Å². The molecule has 0 spiro atoms. The molecule has 0 saturated carbocycles. The Kier molecular flexibility index (Phi) is 13.5. The fourth-order valence-corrected chi connectivity index (χ4v) is 7.59. The van der Waals surface area contributed by atoms with E-state index in [2.05, 4.69) is 19.9 Å². The fraction of sp³-hybridized carbons (Fsp3) is 0.292. The summed E-state index contributed by atoms with van der Waals surface area (Å²) in [5.74, 6) is 0.119. The molecule has 2 aliphatic heterocycles. The van der Waals surface area contributed by atoms with Crippen LogP contribution in [0.15, 0.2) is 110 Å². The van der Waals surface area contributed by atoms with Crippen LogP contribution in [-0.4, -0.2) is 90.2 Å². The van der Waals surface area contributed by atoms with Gasteiger partial charge in [0.15, 0.2) is 11.5 Å². The van der Waals surface area contributed by atoms with Gasteiger partial charge in [0.05, 0.1) is 74.8 Å². The molecule has 8 rings (SSSR count). The molecular formula is C48H50F2N8O6. The van der Waals surface area contributed by atoms with Crippen molar-refractivity contribution in [2.24, 2.45) is 0 Å². The van der Waals surface area contributed by atoms with E-state index in [9.17, 15) is 18.4 Å². The fourth-order valence-electron chi connectivity index (χ4n) is 7.59. The zero-order chi connectivity index (χ0) is 45.7. The first kappa shape index (κ1) is 44.7. The second-order valence-electron chi connectivity index (χ2n) is 15.7. The van der Waals surface area contributed by atoms with Gasteiger partial charge in [0.2, 0.25) is 11.9 Å². The molecule has 14 nitrogen and oxygen atoms in total. The number of nitrogens with zero attached hydrogens (tertiary/aromatic N) is 8. The first-order chi connectivity index (χ1) is 30.7. The summed E-state index contributed by atoms with van der Waals surface area (Å²) in [4.78, 5) is 45.5. The molecule has 0 aliphatic carbocycles. The predicted octanol–water partition coefficient (Wildman–Crippen LogP) is 8.15. The number of hydrogen-bond acceptors (Lipinski definition) is 10. The van der Waals surface area contributed by atoms with Gasteiger partial charge in [-0.1, -0.05) is 12.1 Å². The van der Waals surface area contributed by atoms with Gasteiger partial charge >= 0.3 is 0 Å². The number of imidazole rings is 2. The van der Waals surface area contributed by atoms with E-state index in [1.807, 2.05) is 99.5 Å². The number of morpholine rings is 2. The molecule has 4 atom stereocenters. The topological polar surface area (TPSA) is 139 Å². The zero-order valence-corrected chi connectivity index (χ0v) is 36.9. The third-order valence-electron chi connectivity index (χ3n) is 10.9. The van der Waals surface area contributed by atoms with Crippen molar-refractivity contribution in [1.29, 1.82) is 0 Å². The minimum atomic E-state index is -0.570. The molecule has 0 N–H and O–H groups in total. The third kappa shape index (κ3) is 10.1. The Morgan fingerprint density at radius 2 is 1.05 bits per heavy atom. The van der Waals surface area contributed by atoms with Crippen LogP contribution < -0.4 is 9.47 Å². The molecule has 16 heteroatoms. The third-order valence-corrected chi connectivity index (χ3v) is 10.9. The van der Waals surface area contributed by atoms with Gasteiger partial charge < -0.3 is 37.9 Å². The highest BCUT2D eigenvalue weighted by Gasteiger charge is 2.34. The normalized spacial score (nSPS) is 18.5. The van der Waals surface area contributed by atoms with E-state index in [4.69, 9.17) is 18.9 Å². The lowest BCUT2D eigenvalue weighted by Crippen LogP contribution is -2.45. The molecule has 4 aromatic heterocycles.